The fraction of sp³-hybridized carbons (Fsp3) is 0.316. The number of nitrogens with zero attached hydrogens (tertiary/aromatic N) is 5. The monoisotopic (exact) mass is 335 g/mol. The molecule has 0 N–H and O–H groups in total. The average Bonchev–Trinajstić information content (AvgIpc) is 3.00. The molecule has 1 saturated heterocycles. The predicted octanol–water partition coefficient (Wildman–Crippen LogP) is 1.97. The van der Waals surface area contributed by atoms with Crippen LogP contribution in [0.3, 0.4) is 0 Å². The summed E-state index contributed by atoms with van der Waals surface area (Å²) in [6.45, 7) is 3.82. The van der Waals surface area contributed by atoms with E-state index in [-0.39, 0.29) is 5.78 Å². The lowest BCUT2D eigenvalue weighted by molar-refractivity contribution is 0.0927. The Hall–Kier alpha value is -2.73. The van der Waals surface area contributed by atoms with E-state index in [9.17, 15) is 4.79 Å². The Morgan fingerprint density at radius 2 is 1.76 bits per heavy atom. The third kappa shape index (κ3) is 3.13. The number of piperazine rings is 1. The number of benzene rings is 1. The van der Waals surface area contributed by atoms with E-state index >= 15 is 0 Å². The molecule has 1 aliphatic rings. The molecule has 3 aromatic rings. The number of hydrogen-bond acceptors (Lipinski definition) is 5. The summed E-state index contributed by atoms with van der Waals surface area (Å²) in [6, 6.07) is 9.87. The van der Waals surface area contributed by atoms with Gasteiger partial charge in [0.05, 0.1) is 6.54 Å². The number of anilines is 1. The quantitative estimate of drug-likeness (QED) is 0.683. The van der Waals surface area contributed by atoms with Crippen LogP contribution in [0.1, 0.15) is 10.4 Å². The summed E-state index contributed by atoms with van der Waals surface area (Å²) in [4.78, 5) is 25.8. The molecular weight excluding hydrogens is 314 g/mol. The van der Waals surface area contributed by atoms with Gasteiger partial charge in [-0.2, -0.15) is 0 Å². The van der Waals surface area contributed by atoms with Gasteiger partial charge in [-0.1, -0.05) is 18.2 Å². The Balaban J connectivity index is 1.42. The third-order valence-corrected chi connectivity index (χ3v) is 4.77. The van der Waals surface area contributed by atoms with Crippen LogP contribution in [0.5, 0.6) is 0 Å². The van der Waals surface area contributed by atoms with Crippen LogP contribution >= 0.6 is 0 Å². The van der Waals surface area contributed by atoms with Crippen LogP contribution in [0.25, 0.3) is 10.9 Å². The number of fused-ring (bicyclic) bond motifs is 1. The Morgan fingerprint density at radius 1 is 1.04 bits per heavy atom. The fourth-order valence-electron chi connectivity index (χ4n) is 3.41. The Morgan fingerprint density at radius 3 is 2.52 bits per heavy atom. The van der Waals surface area contributed by atoms with E-state index in [1.807, 2.05) is 48.1 Å². The molecule has 0 saturated carbocycles. The second-order valence-electron chi connectivity index (χ2n) is 6.41. The Bertz CT molecular complexity index is 881. The van der Waals surface area contributed by atoms with Crippen molar-refractivity contribution in [2.24, 2.45) is 7.05 Å². The van der Waals surface area contributed by atoms with Crippen LogP contribution in [-0.4, -0.2) is 57.9 Å². The molecule has 0 atom stereocenters. The van der Waals surface area contributed by atoms with Crippen molar-refractivity contribution >= 4 is 22.6 Å². The highest BCUT2D eigenvalue weighted by Gasteiger charge is 2.22. The normalized spacial score (nSPS) is 15.6. The summed E-state index contributed by atoms with van der Waals surface area (Å²) in [5.74, 6) is 0.948. The minimum atomic E-state index is 0.182. The maximum absolute atomic E-state index is 12.8. The summed E-state index contributed by atoms with van der Waals surface area (Å²) >= 11 is 0. The summed E-state index contributed by atoms with van der Waals surface area (Å²) in [5, 5.41) is 1.03. The first kappa shape index (κ1) is 15.8. The molecule has 3 heterocycles. The number of ketones is 1. The van der Waals surface area contributed by atoms with E-state index in [0.717, 1.165) is 48.6 Å². The van der Waals surface area contributed by atoms with Crippen LogP contribution < -0.4 is 4.90 Å². The minimum Gasteiger partial charge on any atom is -0.350 e. The highest BCUT2D eigenvalue weighted by atomic mass is 16.1. The maximum atomic E-state index is 12.8. The minimum absolute atomic E-state index is 0.182. The van der Waals surface area contributed by atoms with E-state index in [0.29, 0.717) is 6.54 Å². The van der Waals surface area contributed by atoms with Crippen LogP contribution in [-0.2, 0) is 7.05 Å². The smallest absolute Gasteiger partial charge is 0.225 e. The van der Waals surface area contributed by atoms with Gasteiger partial charge in [0.15, 0.2) is 5.78 Å². The van der Waals surface area contributed by atoms with Gasteiger partial charge >= 0.3 is 0 Å². The van der Waals surface area contributed by atoms with Gasteiger partial charge in [-0.15, -0.1) is 0 Å². The van der Waals surface area contributed by atoms with Crippen molar-refractivity contribution in [1.29, 1.82) is 0 Å². The highest BCUT2D eigenvalue weighted by Crippen LogP contribution is 2.21. The number of carbonyl (C=O) groups excluding carboxylic acids is 1. The number of para-hydroxylation sites is 1. The topological polar surface area (TPSA) is 54.3 Å². The first-order valence-electron chi connectivity index (χ1n) is 8.54. The Labute approximate surface area is 146 Å². The van der Waals surface area contributed by atoms with Gasteiger partial charge in [-0.25, -0.2) is 9.97 Å². The first-order chi connectivity index (χ1) is 12.2. The molecule has 0 aliphatic carbocycles. The van der Waals surface area contributed by atoms with Crippen molar-refractivity contribution in [2.75, 3.05) is 37.6 Å². The maximum Gasteiger partial charge on any atom is 0.225 e. The molecule has 1 aromatic carbocycles. The number of hydrogen-bond donors (Lipinski definition) is 0. The van der Waals surface area contributed by atoms with E-state index < -0.39 is 0 Å². The van der Waals surface area contributed by atoms with E-state index in [2.05, 4.69) is 19.8 Å². The molecular formula is C19H21N5O. The molecule has 2 aromatic heterocycles. The third-order valence-electron chi connectivity index (χ3n) is 4.77. The van der Waals surface area contributed by atoms with Crippen molar-refractivity contribution in [3.63, 3.8) is 0 Å². The van der Waals surface area contributed by atoms with Crippen LogP contribution in [0.2, 0.25) is 0 Å². The zero-order valence-electron chi connectivity index (χ0n) is 14.3. The average molecular weight is 335 g/mol. The number of aromatic nitrogens is 3. The van der Waals surface area contributed by atoms with E-state index in [4.69, 9.17) is 0 Å². The van der Waals surface area contributed by atoms with Crippen molar-refractivity contribution in [2.45, 2.75) is 0 Å². The van der Waals surface area contributed by atoms with Gasteiger partial charge in [0.1, 0.15) is 0 Å². The molecule has 1 aliphatic heterocycles. The van der Waals surface area contributed by atoms with Gasteiger partial charge in [-0.3, -0.25) is 9.69 Å². The molecule has 0 radical (unpaired) electrons. The van der Waals surface area contributed by atoms with Gasteiger partial charge in [0, 0.05) is 68.3 Å². The van der Waals surface area contributed by atoms with Crippen molar-refractivity contribution in [1.82, 2.24) is 19.4 Å². The zero-order chi connectivity index (χ0) is 17.2. The van der Waals surface area contributed by atoms with Crippen LogP contribution in [0.4, 0.5) is 5.95 Å². The van der Waals surface area contributed by atoms with Crippen molar-refractivity contribution < 1.29 is 4.79 Å². The van der Waals surface area contributed by atoms with Gasteiger partial charge < -0.3 is 9.47 Å². The lowest BCUT2D eigenvalue weighted by Gasteiger charge is -2.34. The summed E-state index contributed by atoms with van der Waals surface area (Å²) < 4.78 is 2.02. The predicted molar refractivity (Wildman–Crippen MR) is 97.9 cm³/mol. The zero-order valence-corrected chi connectivity index (χ0v) is 14.3. The van der Waals surface area contributed by atoms with E-state index in [1.165, 1.54) is 0 Å². The largest absolute Gasteiger partial charge is 0.350 e. The highest BCUT2D eigenvalue weighted by molar-refractivity contribution is 6.09. The standard InChI is InChI=1S/C19H21N5O/c1-22-13-16(15-5-2-3-6-17(15)22)18(25)14-23-9-11-24(12-10-23)19-20-7-4-8-21-19/h2-8,13H,9-12,14H2,1H3. The molecule has 6 nitrogen and oxygen atoms in total. The SMILES string of the molecule is Cn1cc(C(=O)CN2CCN(c3ncccn3)CC2)c2ccccc21. The fourth-order valence-corrected chi connectivity index (χ4v) is 3.41. The molecule has 25 heavy (non-hydrogen) atoms. The summed E-state index contributed by atoms with van der Waals surface area (Å²) in [7, 11) is 1.98. The molecule has 4 rings (SSSR count). The lowest BCUT2D eigenvalue weighted by atomic mass is 10.1. The first-order valence-corrected chi connectivity index (χ1v) is 8.54. The number of Topliss-reactive ketones (excluding diaryl/α,β-unsaturated/α-hetero) is 1. The molecule has 0 bridgehead atoms. The van der Waals surface area contributed by atoms with Gasteiger partial charge in [0.25, 0.3) is 0 Å². The second kappa shape index (κ2) is 6.64. The lowest BCUT2D eigenvalue weighted by Crippen LogP contribution is -2.48. The number of carbonyl (C=O) groups is 1. The number of rotatable bonds is 4. The van der Waals surface area contributed by atoms with Crippen LogP contribution in [0, 0.1) is 0 Å². The van der Waals surface area contributed by atoms with Crippen molar-refractivity contribution in [3.05, 3.63) is 54.5 Å². The van der Waals surface area contributed by atoms with Gasteiger partial charge in [0.2, 0.25) is 5.95 Å². The molecule has 128 valence electrons. The van der Waals surface area contributed by atoms with Gasteiger partial charge in [-0.05, 0) is 12.1 Å². The summed E-state index contributed by atoms with van der Waals surface area (Å²) in [5.41, 5.74) is 1.91. The van der Waals surface area contributed by atoms with Crippen LogP contribution in [0.15, 0.2) is 48.9 Å². The second-order valence-corrected chi connectivity index (χ2v) is 6.41. The molecule has 6 heteroatoms. The summed E-state index contributed by atoms with van der Waals surface area (Å²) in [6.07, 6.45) is 5.47. The molecule has 1 fully saturated rings. The molecule has 0 unspecified atom stereocenters. The van der Waals surface area contributed by atoms with Crippen molar-refractivity contribution in [3.8, 4) is 0 Å². The molecule has 0 spiro atoms. The number of aryl methyl sites for hydroxylation is 1. The van der Waals surface area contributed by atoms with E-state index in [1.54, 1.807) is 12.4 Å². The Kier molecular flexibility index (Phi) is 4.19. The molecule has 0 amide bonds.